The molecule has 0 radical (unpaired) electrons. The molecule has 1 unspecified atom stereocenters. The van der Waals surface area contributed by atoms with Crippen LogP contribution in [0.4, 0.5) is 0 Å². The van der Waals surface area contributed by atoms with Gasteiger partial charge in [0.2, 0.25) is 0 Å². The van der Waals surface area contributed by atoms with Crippen LogP contribution in [0, 0.1) is 0 Å². The molecule has 0 fully saturated rings. The number of hydrogen-bond donors (Lipinski definition) is 2. The molecule has 0 spiro atoms. The quantitative estimate of drug-likeness (QED) is 0.793. The fourth-order valence-corrected chi connectivity index (χ4v) is 2.69. The minimum atomic E-state index is 0.200. The first kappa shape index (κ1) is 14.4. The van der Waals surface area contributed by atoms with Crippen LogP contribution in [0.15, 0.2) is 18.2 Å². The monoisotopic (exact) mass is 263 g/mol. The highest BCUT2D eigenvalue weighted by Gasteiger charge is 2.11. The zero-order valence-electron chi connectivity index (χ0n) is 11.8. The second kappa shape index (κ2) is 7.51. The van der Waals surface area contributed by atoms with E-state index in [-0.39, 0.29) is 12.6 Å². The van der Waals surface area contributed by atoms with Crippen molar-refractivity contribution in [3.8, 4) is 5.75 Å². The van der Waals surface area contributed by atoms with Crippen LogP contribution in [-0.4, -0.2) is 30.9 Å². The van der Waals surface area contributed by atoms with E-state index in [2.05, 4.69) is 30.4 Å². The Hall–Kier alpha value is -1.06. The number of rotatable bonds is 7. The molecule has 2 N–H and O–H groups in total. The summed E-state index contributed by atoms with van der Waals surface area (Å²) in [5.41, 5.74) is 2.93. The summed E-state index contributed by atoms with van der Waals surface area (Å²) in [6.07, 6.45) is 5.73. The Labute approximate surface area is 116 Å². The van der Waals surface area contributed by atoms with Gasteiger partial charge in [-0.1, -0.05) is 13.0 Å². The predicted octanol–water partition coefficient (Wildman–Crippen LogP) is 2.30. The summed E-state index contributed by atoms with van der Waals surface area (Å²) in [4.78, 5) is 0. The van der Waals surface area contributed by atoms with E-state index >= 15 is 0 Å². The highest BCUT2D eigenvalue weighted by molar-refractivity contribution is 5.37. The zero-order chi connectivity index (χ0) is 13.5. The van der Waals surface area contributed by atoms with Gasteiger partial charge in [-0.15, -0.1) is 0 Å². The number of ether oxygens (including phenoxy) is 1. The fourth-order valence-electron chi connectivity index (χ4n) is 2.69. The maximum Gasteiger partial charge on any atom is 0.119 e. The van der Waals surface area contributed by atoms with E-state index in [1.54, 1.807) is 0 Å². The molecule has 2 rings (SSSR count). The molecule has 3 heteroatoms. The number of aliphatic hydroxyl groups is 1. The molecule has 1 aromatic rings. The summed E-state index contributed by atoms with van der Waals surface area (Å²) in [7, 11) is 0. The Bertz CT molecular complexity index is 386. The van der Waals surface area contributed by atoms with Gasteiger partial charge in [-0.25, -0.2) is 0 Å². The van der Waals surface area contributed by atoms with Crippen molar-refractivity contribution in [3.05, 3.63) is 29.3 Å². The highest BCUT2D eigenvalue weighted by atomic mass is 16.5. The lowest BCUT2D eigenvalue weighted by molar-refractivity contribution is 0.215. The second-order valence-electron chi connectivity index (χ2n) is 5.22. The first-order valence-electron chi connectivity index (χ1n) is 7.42. The predicted molar refractivity (Wildman–Crippen MR) is 77.7 cm³/mol. The first-order valence-corrected chi connectivity index (χ1v) is 7.42. The Morgan fingerprint density at radius 1 is 1.26 bits per heavy atom. The molecule has 19 heavy (non-hydrogen) atoms. The van der Waals surface area contributed by atoms with Gasteiger partial charge < -0.3 is 15.2 Å². The van der Waals surface area contributed by atoms with Gasteiger partial charge in [-0.05, 0) is 61.9 Å². The van der Waals surface area contributed by atoms with Crippen molar-refractivity contribution in [1.82, 2.24) is 5.32 Å². The maximum atomic E-state index is 9.02. The molecule has 1 atom stereocenters. The number of hydrogen-bond acceptors (Lipinski definition) is 3. The van der Waals surface area contributed by atoms with Crippen LogP contribution in [0.2, 0.25) is 0 Å². The number of benzene rings is 1. The van der Waals surface area contributed by atoms with Crippen molar-refractivity contribution in [2.75, 3.05) is 19.8 Å². The molecule has 0 aromatic heterocycles. The van der Waals surface area contributed by atoms with E-state index in [1.165, 1.54) is 36.8 Å². The molecule has 0 saturated heterocycles. The molecule has 0 aliphatic heterocycles. The van der Waals surface area contributed by atoms with Crippen molar-refractivity contribution in [1.29, 1.82) is 0 Å². The van der Waals surface area contributed by atoms with Gasteiger partial charge in [-0.3, -0.25) is 0 Å². The third-order valence-corrected chi connectivity index (χ3v) is 3.74. The van der Waals surface area contributed by atoms with Crippen LogP contribution < -0.4 is 10.1 Å². The Morgan fingerprint density at radius 3 is 2.79 bits per heavy atom. The first-order chi connectivity index (χ1) is 9.33. The average Bonchev–Trinajstić information content (AvgIpc) is 2.45. The topological polar surface area (TPSA) is 41.5 Å². The van der Waals surface area contributed by atoms with Crippen molar-refractivity contribution in [3.63, 3.8) is 0 Å². The molecule has 0 bridgehead atoms. The van der Waals surface area contributed by atoms with Gasteiger partial charge in [0.1, 0.15) is 12.4 Å². The standard InChI is InChI=1S/C16H25NO2/c1-2-17-15(9-10-18)12-19-16-8-7-13-5-3-4-6-14(13)11-16/h7-8,11,15,17-18H,2-6,9-10,12H2,1H3. The largest absolute Gasteiger partial charge is 0.492 e. The molecule has 1 aliphatic rings. The number of aliphatic hydroxyl groups excluding tert-OH is 1. The third kappa shape index (κ3) is 4.22. The molecule has 0 saturated carbocycles. The van der Waals surface area contributed by atoms with Crippen molar-refractivity contribution in [2.24, 2.45) is 0 Å². The van der Waals surface area contributed by atoms with Gasteiger partial charge in [0.05, 0.1) is 0 Å². The lowest BCUT2D eigenvalue weighted by atomic mass is 9.92. The summed E-state index contributed by atoms with van der Waals surface area (Å²) in [6, 6.07) is 6.70. The van der Waals surface area contributed by atoms with E-state index in [0.717, 1.165) is 18.7 Å². The molecule has 0 heterocycles. The summed E-state index contributed by atoms with van der Waals surface area (Å²) in [5, 5.41) is 12.4. The number of likely N-dealkylation sites (N-methyl/N-ethyl adjacent to an activating group) is 1. The van der Waals surface area contributed by atoms with Crippen LogP contribution in [0.3, 0.4) is 0 Å². The molecule has 106 valence electrons. The Balaban J connectivity index is 1.91. The van der Waals surface area contributed by atoms with Gasteiger partial charge in [-0.2, -0.15) is 0 Å². The number of fused-ring (bicyclic) bond motifs is 1. The van der Waals surface area contributed by atoms with Crippen molar-refractivity contribution >= 4 is 0 Å². The van der Waals surface area contributed by atoms with E-state index in [4.69, 9.17) is 9.84 Å². The fraction of sp³-hybridized carbons (Fsp3) is 0.625. The molecule has 1 aliphatic carbocycles. The number of aryl methyl sites for hydroxylation is 2. The number of nitrogens with one attached hydrogen (secondary N) is 1. The lowest BCUT2D eigenvalue weighted by Gasteiger charge is -2.20. The average molecular weight is 263 g/mol. The normalized spacial score (nSPS) is 15.9. The Kier molecular flexibility index (Phi) is 5.67. The minimum Gasteiger partial charge on any atom is -0.492 e. The van der Waals surface area contributed by atoms with Crippen LogP contribution in [0.1, 0.15) is 37.3 Å². The van der Waals surface area contributed by atoms with Crippen LogP contribution >= 0.6 is 0 Å². The lowest BCUT2D eigenvalue weighted by Crippen LogP contribution is -2.35. The van der Waals surface area contributed by atoms with E-state index in [1.807, 2.05) is 0 Å². The van der Waals surface area contributed by atoms with Gasteiger partial charge in [0.25, 0.3) is 0 Å². The van der Waals surface area contributed by atoms with Gasteiger partial charge in [0, 0.05) is 12.6 Å². The van der Waals surface area contributed by atoms with Crippen LogP contribution in [0.25, 0.3) is 0 Å². The molecule has 1 aromatic carbocycles. The van der Waals surface area contributed by atoms with Crippen molar-refractivity contribution < 1.29 is 9.84 Å². The van der Waals surface area contributed by atoms with Gasteiger partial charge >= 0.3 is 0 Å². The van der Waals surface area contributed by atoms with E-state index in [0.29, 0.717) is 6.61 Å². The van der Waals surface area contributed by atoms with Crippen molar-refractivity contribution in [2.45, 2.75) is 45.1 Å². The molecule has 3 nitrogen and oxygen atoms in total. The maximum absolute atomic E-state index is 9.02. The van der Waals surface area contributed by atoms with E-state index in [9.17, 15) is 0 Å². The third-order valence-electron chi connectivity index (χ3n) is 3.74. The summed E-state index contributed by atoms with van der Waals surface area (Å²) in [5.74, 6) is 0.960. The van der Waals surface area contributed by atoms with E-state index < -0.39 is 0 Å². The van der Waals surface area contributed by atoms with Crippen LogP contribution in [-0.2, 0) is 12.8 Å². The summed E-state index contributed by atoms with van der Waals surface area (Å²) in [6.45, 7) is 3.79. The molecular weight excluding hydrogens is 238 g/mol. The zero-order valence-corrected chi connectivity index (χ0v) is 11.8. The Morgan fingerprint density at radius 2 is 2.05 bits per heavy atom. The smallest absolute Gasteiger partial charge is 0.119 e. The summed E-state index contributed by atoms with van der Waals surface area (Å²) >= 11 is 0. The van der Waals surface area contributed by atoms with Gasteiger partial charge in [0.15, 0.2) is 0 Å². The molecule has 0 amide bonds. The molecular formula is C16H25NO2. The second-order valence-corrected chi connectivity index (χ2v) is 5.22. The summed E-state index contributed by atoms with van der Waals surface area (Å²) < 4.78 is 5.87. The van der Waals surface area contributed by atoms with Crippen LogP contribution in [0.5, 0.6) is 5.75 Å². The highest BCUT2D eigenvalue weighted by Crippen LogP contribution is 2.25. The minimum absolute atomic E-state index is 0.200. The SMILES string of the molecule is CCNC(CCO)COc1ccc2c(c1)CCCC2.